The molecule has 1 amide bonds. The van der Waals surface area contributed by atoms with Crippen LogP contribution < -0.4 is 10.1 Å². The van der Waals surface area contributed by atoms with Crippen LogP contribution in [0.1, 0.15) is 75.2 Å². The van der Waals surface area contributed by atoms with Crippen LogP contribution in [0.25, 0.3) is 32.9 Å². The molecule has 0 spiro atoms. The number of halogens is 4. The monoisotopic (exact) mass is 746 g/mol. The van der Waals surface area contributed by atoms with Crippen molar-refractivity contribution in [1.82, 2.24) is 24.7 Å². The van der Waals surface area contributed by atoms with Crippen LogP contribution in [0.5, 0.6) is 5.88 Å². The van der Waals surface area contributed by atoms with Crippen LogP contribution in [0.2, 0.25) is 10.0 Å². The predicted octanol–water partition coefficient (Wildman–Crippen LogP) is 8.17. The second kappa shape index (κ2) is 13.1. The first-order valence-corrected chi connectivity index (χ1v) is 19.5. The highest BCUT2D eigenvalue weighted by atomic mass is 35.5. The largest absolute Gasteiger partial charge is 0.472 e. The molecule has 6 fully saturated rings. The number of amides is 1. The van der Waals surface area contributed by atoms with E-state index < -0.39 is 18.0 Å². The van der Waals surface area contributed by atoms with Gasteiger partial charge in [-0.25, -0.2) is 13.8 Å². The van der Waals surface area contributed by atoms with Crippen LogP contribution in [-0.4, -0.2) is 76.3 Å². The number of likely N-dealkylation sites (tertiary alicyclic amines) is 2. The van der Waals surface area contributed by atoms with Crippen molar-refractivity contribution in [2.45, 2.75) is 94.7 Å². The van der Waals surface area contributed by atoms with Gasteiger partial charge in [0.05, 0.1) is 45.6 Å². The third-order valence-corrected chi connectivity index (χ3v) is 13.2. The number of aromatic nitrogens is 2. The minimum Gasteiger partial charge on any atom is -0.472 e. The Hall–Kier alpha value is -3.49. The van der Waals surface area contributed by atoms with Crippen molar-refractivity contribution in [2.75, 3.05) is 26.7 Å². The molecule has 0 radical (unpaired) electrons. The van der Waals surface area contributed by atoms with Gasteiger partial charge in [-0.3, -0.25) is 9.69 Å². The van der Waals surface area contributed by atoms with Gasteiger partial charge in [0.1, 0.15) is 17.8 Å². The van der Waals surface area contributed by atoms with E-state index in [0.29, 0.717) is 33.3 Å². The lowest BCUT2D eigenvalue weighted by Gasteiger charge is -2.39. The van der Waals surface area contributed by atoms with E-state index >= 15 is 8.78 Å². The van der Waals surface area contributed by atoms with E-state index in [1.54, 1.807) is 23.1 Å². The fraction of sp³-hybridized carbons (Fsp3) is 0.525. The lowest BCUT2D eigenvalue weighted by molar-refractivity contribution is -0.133. The topological polar surface area (TPSA) is 86.4 Å². The van der Waals surface area contributed by atoms with Crippen molar-refractivity contribution in [3.05, 3.63) is 57.5 Å². The Morgan fingerprint density at radius 2 is 2.02 bits per heavy atom. The van der Waals surface area contributed by atoms with Crippen LogP contribution in [0.15, 0.2) is 30.3 Å². The number of fused-ring (bicyclic) bond motifs is 4. The maximum atomic E-state index is 17.5. The van der Waals surface area contributed by atoms with E-state index in [-0.39, 0.29) is 78.0 Å². The number of aryl methyl sites for hydroxylation is 1. The van der Waals surface area contributed by atoms with Gasteiger partial charge < -0.3 is 19.5 Å². The lowest BCUT2D eigenvalue weighted by atomic mass is 9.79. The molecule has 52 heavy (non-hydrogen) atoms. The number of benzene rings is 2. The Morgan fingerprint density at radius 3 is 2.71 bits per heavy atom. The maximum absolute atomic E-state index is 17.5. The smallest absolute Gasteiger partial charge is 0.226 e. The summed E-state index contributed by atoms with van der Waals surface area (Å²) in [6, 6.07) is 11.3. The second-order valence-electron chi connectivity index (χ2n) is 15.6. The van der Waals surface area contributed by atoms with Crippen LogP contribution in [0, 0.1) is 29.0 Å². The minimum absolute atomic E-state index is 0.0156. The number of carbonyl (C=O) groups excluding carboxylic acids is 1. The molecule has 4 saturated heterocycles. The molecule has 2 bridgehead atoms. The van der Waals surface area contributed by atoms with Crippen molar-refractivity contribution in [3.8, 4) is 23.1 Å². The molecule has 6 aliphatic rings. The molecule has 8 nitrogen and oxygen atoms in total. The van der Waals surface area contributed by atoms with Gasteiger partial charge in [0, 0.05) is 59.6 Å². The molecular weight excluding hydrogens is 705 g/mol. The first kappa shape index (κ1) is 34.3. The Kier molecular flexibility index (Phi) is 8.65. The summed E-state index contributed by atoms with van der Waals surface area (Å²) in [5, 5.41) is 15.1. The summed E-state index contributed by atoms with van der Waals surface area (Å²) in [4.78, 5) is 22.7. The molecule has 1 N–H and O–H groups in total. The molecule has 6 heterocycles. The molecule has 4 aromatic rings. The molecule has 4 aliphatic heterocycles. The number of alkyl halides is 1. The molecule has 272 valence electrons. The average molecular weight is 748 g/mol. The number of rotatable bonds is 9. The number of ether oxygens (including phenoxy) is 1. The zero-order chi connectivity index (χ0) is 36.0. The molecule has 2 aliphatic carbocycles. The Morgan fingerprint density at radius 1 is 1.19 bits per heavy atom. The Bertz CT molecular complexity index is 2130. The number of nitrogens with zero attached hydrogens (tertiary/aromatic N) is 5. The van der Waals surface area contributed by atoms with Crippen LogP contribution in [0.3, 0.4) is 0 Å². The third-order valence-electron chi connectivity index (χ3n) is 12.4. The molecule has 7 atom stereocenters. The van der Waals surface area contributed by atoms with Gasteiger partial charge >= 0.3 is 0 Å². The molecule has 10 rings (SSSR count). The van der Waals surface area contributed by atoms with E-state index in [4.69, 9.17) is 32.9 Å². The van der Waals surface area contributed by atoms with Crippen molar-refractivity contribution in [2.24, 2.45) is 11.8 Å². The number of carbonyl (C=O) groups is 1. The number of pyridine rings is 1. The SMILES string of the molecule is C[C@H](Oc1nc2c(F)c(-c3cccc(Cl)c3Cl)c(CCC#N)cc2c2c1cc([C@H]1C[C@H](F)CN1C(=O)C1CC1)n2[C@H]1[C@H]2CN[C@@H]1C2)C1CCCN1C. The van der Waals surface area contributed by atoms with E-state index in [1.165, 1.54) is 0 Å². The average Bonchev–Trinajstić information content (AvgIpc) is 3.55. The van der Waals surface area contributed by atoms with Crippen molar-refractivity contribution in [1.29, 1.82) is 5.26 Å². The fourth-order valence-corrected chi connectivity index (χ4v) is 10.1. The maximum Gasteiger partial charge on any atom is 0.226 e. The summed E-state index contributed by atoms with van der Waals surface area (Å²) in [6.45, 7) is 3.93. The summed E-state index contributed by atoms with van der Waals surface area (Å²) < 4.78 is 42.1. The van der Waals surface area contributed by atoms with E-state index in [9.17, 15) is 10.1 Å². The third kappa shape index (κ3) is 5.49. The quantitative estimate of drug-likeness (QED) is 0.186. The van der Waals surface area contributed by atoms with Crippen molar-refractivity contribution >= 4 is 50.9 Å². The highest BCUT2D eigenvalue weighted by Gasteiger charge is 2.51. The number of hydrogen-bond acceptors (Lipinski definition) is 6. The van der Waals surface area contributed by atoms with E-state index in [2.05, 4.69) is 27.9 Å². The number of likely N-dealkylation sites (N-methyl/N-ethyl adjacent to an activating group) is 1. The van der Waals surface area contributed by atoms with Crippen LogP contribution in [-0.2, 0) is 11.2 Å². The normalized spacial score (nSPS) is 27.8. The lowest BCUT2D eigenvalue weighted by Crippen LogP contribution is -2.41. The number of hydrogen-bond donors (Lipinski definition) is 1. The van der Waals surface area contributed by atoms with Gasteiger partial charge in [-0.1, -0.05) is 35.3 Å². The molecule has 2 saturated carbocycles. The summed E-state index contributed by atoms with van der Waals surface area (Å²) >= 11 is 13.2. The molecule has 1 unspecified atom stereocenters. The van der Waals surface area contributed by atoms with Crippen molar-refractivity contribution in [3.63, 3.8) is 0 Å². The summed E-state index contributed by atoms with van der Waals surface area (Å²) in [7, 11) is 2.09. The van der Waals surface area contributed by atoms with Gasteiger partial charge in [0.2, 0.25) is 11.8 Å². The van der Waals surface area contributed by atoms with E-state index in [0.717, 1.165) is 61.8 Å². The number of nitriles is 1. The zero-order valence-corrected chi connectivity index (χ0v) is 30.9. The first-order chi connectivity index (χ1) is 25.1. The van der Waals surface area contributed by atoms with Gasteiger partial charge in [-0.05, 0) is 88.7 Å². The standard InChI is InChI=1S/C40H42Cl2F2N6O2/c1-20(30-9-5-13-48(30)2)52-39-27-17-32(31-16-24(43)19-49(31)40(51)21-10-11-21)50(37-23-15-29(37)46-18-23)38(27)26-14-22(6-4-12-45)33(35(44)36(26)47-39)25-7-3-8-28(41)34(25)42/h3,7-8,14,17,20-21,23-24,29-31,37,46H,4-6,9-11,13,15-16,18-19H2,1-2H3/t20-,23+,24-,29+,30?,31+,37-/m0/s1. The van der Waals surface area contributed by atoms with Crippen LogP contribution in [0.4, 0.5) is 8.78 Å². The van der Waals surface area contributed by atoms with E-state index in [1.807, 2.05) is 19.1 Å². The van der Waals surface area contributed by atoms with Crippen LogP contribution >= 0.6 is 23.2 Å². The van der Waals surface area contributed by atoms with Gasteiger partial charge in [-0.15, -0.1) is 0 Å². The molecular formula is C40H42Cl2F2N6O2. The predicted molar refractivity (Wildman–Crippen MR) is 198 cm³/mol. The first-order valence-electron chi connectivity index (χ1n) is 18.7. The fourth-order valence-electron chi connectivity index (χ4n) is 9.67. The molecule has 12 heteroatoms. The summed E-state index contributed by atoms with van der Waals surface area (Å²) in [6.07, 6.45) is 3.99. The zero-order valence-electron chi connectivity index (χ0n) is 29.3. The number of nitrogens with one attached hydrogen (secondary N) is 1. The van der Waals surface area contributed by atoms with Gasteiger partial charge in [0.15, 0.2) is 5.82 Å². The minimum atomic E-state index is -1.14. The highest BCUT2D eigenvalue weighted by Crippen LogP contribution is 2.52. The molecule has 2 aromatic heterocycles. The highest BCUT2D eigenvalue weighted by molar-refractivity contribution is 6.43. The molecule has 2 aromatic carbocycles. The van der Waals surface area contributed by atoms with Gasteiger partial charge in [-0.2, -0.15) is 5.26 Å². The van der Waals surface area contributed by atoms with Gasteiger partial charge in [0.25, 0.3) is 0 Å². The summed E-state index contributed by atoms with van der Waals surface area (Å²) in [5.74, 6) is 0.0525. The van der Waals surface area contributed by atoms with Crippen molar-refractivity contribution < 1.29 is 18.3 Å². The second-order valence-corrected chi connectivity index (χ2v) is 16.4. The Labute approximate surface area is 312 Å². The summed E-state index contributed by atoms with van der Waals surface area (Å²) in [5.41, 5.74) is 3.06. The Balaban J connectivity index is 1.33.